The minimum absolute atomic E-state index is 0.234. The molecule has 2 N–H and O–H groups in total. The lowest BCUT2D eigenvalue weighted by Crippen LogP contribution is -2.49. The number of amides is 2. The smallest absolute Gasteiger partial charge is 0.244 e. The molecule has 1 rings (SSSR count). The number of aliphatic hydroxyl groups is 1. The van der Waals surface area contributed by atoms with Gasteiger partial charge in [0.25, 0.3) is 0 Å². The van der Waals surface area contributed by atoms with Crippen LogP contribution in [-0.4, -0.2) is 41.0 Å². The number of nitrogens with one attached hydrogen (secondary N) is 1. The van der Waals surface area contributed by atoms with E-state index >= 15 is 0 Å². The molecule has 0 aliphatic carbocycles. The fourth-order valence-electron chi connectivity index (χ4n) is 2.01. The van der Waals surface area contributed by atoms with Gasteiger partial charge in [-0.25, -0.2) is 0 Å². The van der Waals surface area contributed by atoms with E-state index in [4.69, 9.17) is 0 Å². The van der Waals surface area contributed by atoms with Gasteiger partial charge >= 0.3 is 0 Å². The maximum atomic E-state index is 12.2. The Labute approximate surface area is 119 Å². The highest BCUT2D eigenvalue weighted by Gasteiger charge is 2.27. The SMILES string of the molecule is CC(=O)N[C@H](C)C(=O)N(C)[C@@H](C)[C@@H](O)c1ccccc1. The van der Waals surface area contributed by atoms with Gasteiger partial charge in [-0.1, -0.05) is 30.3 Å². The zero-order chi connectivity index (χ0) is 15.3. The monoisotopic (exact) mass is 278 g/mol. The lowest BCUT2D eigenvalue weighted by molar-refractivity contribution is -0.138. The van der Waals surface area contributed by atoms with Crippen LogP contribution in [0.25, 0.3) is 0 Å². The van der Waals surface area contributed by atoms with Crippen LogP contribution in [0.5, 0.6) is 0 Å². The van der Waals surface area contributed by atoms with Crippen LogP contribution in [0, 0.1) is 0 Å². The van der Waals surface area contributed by atoms with E-state index in [9.17, 15) is 14.7 Å². The number of carbonyl (C=O) groups excluding carboxylic acids is 2. The number of carbonyl (C=O) groups is 2. The lowest BCUT2D eigenvalue weighted by atomic mass is 10.0. The topological polar surface area (TPSA) is 69.6 Å². The number of likely N-dealkylation sites (N-methyl/N-ethyl adjacent to an activating group) is 1. The number of aliphatic hydroxyl groups excluding tert-OH is 1. The molecule has 110 valence electrons. The zero-order valence-electron chi connectivity index (χ0n) is 12.3. The maximum Gasteiger partial charge on any atom is 0.244 e. The Kier molecular flexibility index (Phi) is 5.70. The van der Waals surface area contributed by atoms with Gasteiger partial charge < -0.3 is 15.3 Å². The largest absolute Gasteiger partial charge is 0.386 e. The Morgan fingerprint density at radius 1 is 1.20 bits per heavy atom. The molecule has 1 aromatic rings. The number of hydrogen-bond acceptors (Lipinski definition) is 3. The van der Waals surface area contributed by atoms with E-state index in [2.05, 4.69) is 5.32 Å². The maximum absolute atomic E-state index is 12.2. The summed E-state index contributed by atoms with van der Waals surface area (Å²) in [6.07, 6.45) is -0.769. The highest BCUT2D eigenvalue weighted by atomic mass is 16.3. The zero-order valence-corrected chi connectivity index (χ0v) is 12.3. The van der Waals surface area contributed by atoms with Gasteiger partial charge in [-0.2, -0.15) is 0 Å². The van der Waals surface area contributed by atoms with Crippen molar-refractivity contribution in [2.75, 3.05) is 7.05 Å². The van der Waals surface area contributed by atoms with Crippen molar-refractivity contribution in [3.8, 4) is 0 Å². The highest BCUT2D eigenvalue weighted by Crippen LogP contribution is 2.20. The van der Waals surface area contributed by atoms with E-state index in [0.717, 1.165) is 5.56 Å². The molecule has 0 spiro atoms. The summed E-state index contributed by atoms with van der Waals surface area (Å²) in [5.41, 5.74) is 0.756. The summed E-state index contributed by atoms with van der Waals surface area (Å²) >= 11 is 0. The normalized spacial score (nSPS) is 15.1. The molecule has 0 aliphatic heterocycles. The summed E-state index contributed by atoms with van der Waals surface area (Å²) in [7, 11) is 1.62. The van der Waals surface area contributed by atoms with Crippen molar-refractivity contribution >= 4 is 11.8 Å². The van der Waals surface area contributed by atoms with Crippen LogP contribution in [-0.2, 0) is 9.59 Å². The predicted octanol–water partition coefficient (Wildman–Crippen LogP) is 1.09. The highest BCUT2D eigenvalue weighted by molar-refractivity contribution is 5.86. The van der Waals surface area contributed by atoms with E-state index in [-0.39, 0.29) is 17.9 Å². The molecule has 0 aliphatic rings. The summed E-state index contributed by atoms with van der Waals surface area (Å²) < 4.78 is 0. The van der Waals surface area contributed by atoms with E-state index < -0.39 is 12.1 Å². The van der Waals surface area contributed by atoms with Crippen molar-refractivity contribution in [3.05, 3.63) is 35.9 Å². The van der Waals surface area contributed by atoms with Gasteiger partial charge in [0, 0.05) is 14.0 Å². The van der Waals surface area contributed by atoms with Crippen molar-refractivity contribution in [3.63, 3.8) is 0 Å². The summed E-state index contributed by atoms with van der Waals surface area (Å²) in [6, 6.07) is 8.19. The van der Waals surface area contributed by atoms with Crippen LogP contribution in [0.2, 0.25) is 0 Å². The Bertz CT molecular complexity index is 461. The lowest BCUT2D eigenvalue weighted by Gasteiger charge is -2.31. The Morgan fingerprint density at radius 2 is 1.75 bits per heavy atom. The Balaban J connectivity index is 2.73. The molecule has 0 saturated carbocycles. The average Bonchev–Trinajstić information content (AvgIpc) is 2.44. The predicted molar refractivity (Wildman–Crippen MR) is 76.9 cm³/mol. The summed E-state index contributed by atoms with van der Waals surface area (Å²) in [5.74, 6) is -0.488. The van der Waals surface area contributed by atoms with Crippen LogP contribution in [0.1, 0.15) is 32.4 Å². The first kappa shape index (κ1) is 16.2. The second-order valence-corrected chi connectivity index (χ2v) is 4.97. The summed E-state index contributed by atoms with van der Waals surface area (Å²) in [6.45, 7) is 4.77. The Morgan fingerprint density at radius 3 is 2.25 bits per heavy atom. The first-order valence-electron chi connectivity index (χ1n) is 6.61. The second kappa shape index (κ2) is 7.05. The van der Waals surface area contributed by atoms with E-state index in [0.29, 0.717) is 0 Å². The third-order valence-corrected chi connectivity index (χ3v) is 3.35. The van der Waals surface area contributed by atoms with Crippen LogP contribution >= 0.6 is 0 Å². The molecule has 0 radical (unpaired) electrons. The summed E-state index contributed by atoms with van der Waals surface area (Å²) in [4.78, 5) is 24.6. The molecule has 1 aromatic carbocycles. The van der Waals surface area contributed by atoms with Crippen molar-refractivity contribution in [1.29, 1.82) is 0 Å². The minimum Gasteiger partial charge on any atom is -0.386 e. The van der Waals surface area contributed by atoms with Crippen LogP contribution in [0.4, 0.5) is 0 Å². The second-order valence-electron chi connectivity index (χ2n) is 4.97. The molecule has 20 heavy (non-hydrogen) atoms. The van der Waals surface area contributed by atoms with Crippen molar-refractivity contribution in [2.45, 2.75) is 39.0 Å². The van der Waals surface area contributed by atoms with Gasteiger partial charge in [-0.05, 0) is 19.4 Å². The number of rotatable bonds is 5. The van der Waals surface area contributed by atoms with E-state index in [1.165, 1.54) is 11.8 Å². The molecular weight excluding hydrogens is 256 g/mol. The fourth-order valence-corrected chi connectivity index (χ4v) is 2.01. The third kappa shape index (κ3) is 4.06. The van der Waals surface area contributed by atoms with Gasteiger partial charge in [0.2, 0.25) is 11.8 Å². The van der Waals surface area contributed by atoms with Crippen molar-refractivity contribution in [2.24, 2.45) is 0 Å². The van der Waals surface area contributed by atoms with Gasteiger partial charge in [0.05, 0.1) is 12.1 Å². The molecule has 0 aromatic heterocycles. The molecule has 0 heterocycles. The minimum atomic E-state index is -0.769. The van der Waals surface area contributed by atoms with Gasteiger partial charge in [0.15, 0.2) is 0 Å². The molecule has 0 fully saturated rings. The first-order chi connectivity index (χ1) is 9.34. The molecule has 5 nitrogen and oxygen atoms in total. The number of benzene rings is 1. The van der Waals surface area contributed by atoms with Gasteiger partial charge in [-0.3, -0.25) is 9.59 Å². The van der Waals surface area contributed by atoms with Gasteiger partial charge in [-0.15, -0.1) is 0 Å². The molecular formula is C15H22N2O3. The van der Waals surface area contributed by atoms with Crippen LogP contribution < -0.4 is 5.32 Å². The molecule has 0 bridgehead atoms. The number of hydrogen-bond donors (Lipinski definition) is 2. The number of nitrogens with zero attached hydrogens (tertiary/aromatic N) is 1. The molecule has 3 atom stereocenters. The average molecular weight is 278 g/mol. The van der Waals surface area contributed by atoms with E-state index in [1.54, 1.807) is 20.9 Å². The molecule has 0 unspecified atom stereocenters. The fraction of sp³-hybridized carbons (Fsp3) is 0.467. The quantitative estimate of drug-likeness (QED) is 0.847. The van der Waals surface area contributed by atoms with Gasteiger partial charge in [0.1, 0.15) is 6.04 Å². The van der Waals surface area contributed by atoms with Crippen LogP contribution in [0.3, 0.4) is 0 Å². The standard InChI is InChI=1S/C15H22N2O3/c1-10(16-12(3)18)15(20)17(4)11(2)14(19)13-8-6-5-7-9-13/h5-11,14,19H,1-4H3,(H,16,18)/t10-,11+,14-/m1/s1. The third-order valence-electron chi connectivity index (χ3n) is 3.35. The molecule has 0 saturated heterocycles. The van der Waals surface area contributed by atoms with Crippen molar-refractivity contribution in [1.82, 2.24) is 10.2 Å². The Hall–Kier alpha value is -1.88. The molecule has 2 amide bonds. The molecule has 5 heteroatoms. The van der Waals surface area contributed by atoms with Crippen LogP contribution in [0.15, 0.2) is 30.3 Å². The summed E-state index contributed by atoms with van der Waals surface area (Å²) in [5, 5.41) is 12.8. The van der Waals surface area contributed by atoms with Crippen molar-refractivity contribution < 1.29 is 14.7 Å². The van der Waals surface area contributed by atoms with E-state index in [1.807, 2.05) is 30.3 Å². The first-order valence-corrected chi connectivity index (χ1v) is 6.61.